The Morgan fingerprint density at radius 3 is 2.93 bits per heavy atom. The van der Waals surface area contributed by atoms with Gasteiger partial charge in [0, 0.05) is 50.7 Å². The van der Waals surface area contributed by atoms with Crippen molar-refractivity contribution in [2.45, 2.75) is 51.0 Å². The lowest BCUT2D eigenvalue weighted by molar-refractivity contribution is -0.133. The van der Waals surface area contributed by atoms with Crippen LogP contribution in [-0.4, -0.2) is 43.6 Å². The Bertz CT molecular complexity index is 926. The summed E-state index contributed by atoms with van der Waals surface area (Å²) in [6, 6.07) is 1.28. The predicted octanol–water partition coefficient (Wildman–Crippen LogP) is 0.668. The number of carbonyl (C=O) groups is 1. The van der Waals surface area contributed by atoms with Crippen molar-refractivity contribution < 1.29 is 9.32 Å². The van der Waals surface area contributed by atoms with Crippen molar-refractivity contribution in [2.24, 2.45) is 5.92 Å². The first-order valence-electron chi connectivity index (χ1n) is 9.48. The molecule has 2 fully saturated rings. The van der Waals surface area contributed by atoms with Gasteiger partial charge in [-0.25, -0.2) is 4.79 Å². The highest BCUT2D eigenvalue weighted by Gasteiger charge is 2.30. The zero-order valence-electron chi connectivity index (χ0n) is 15.1. The van der Waals surface area contributed by atoms with Crippen LogP contribution < -0.4 is 11.2 Å². The summed E-state index contributed by atoms with van der Waals surface area (Å²) < 4.78 is 6.71. The number of carbonyl (C=O) groups excluding carboxylic acids is 1. The molecule has 9 nitrogen and oxygen atoms in total. The van der Waals surface area contributed by atoms with Crippen LogP contribution >= 0.6 is 0 Å². The Kier molecular flexibility index (Phi) is 4.91. The molecule has 1 N–H and O–H groups in total. The first-order chi connectivity index (χ1) is 13.1. The van der Waals surface area contributed by atoms with Gasteiger partial charge in [-0.3, -0.25) is 14.6 Å². The molecule has 1 atom stereocenters. The highest BCUT2D eigenvalue weighted by molar-refractivity contribution is 5.76. The number of nitrogens with zero attached hydrogens (tertiary/aromatic N) is 4. The third-order valence-electron chi connectivity index (χ3n) is 5.22. The standard InChI is InChI=1S/C18H23N5O4/c24-14-5-8-22(18(26)19-14)9-6-16(25)23-7-1-2-12(11-23)10-15-20-17(21-27-15)13-3-4-13/h5,8,12-13H,1-4,6-7,9-11H2,(H,19,24,26). The molecule has 2 aromatic rings. The molecule has 0 bridgehead atoms. The van der Waals surface area contributed by atoms with Gasteiger partial charge in [0.2, 0.25) is 11.8 Å². The monoisotopic (exact) mass is 373 g/mol. The number of aromatic nitrogens is 4. The van der Waals surface area contributed by atoms with Gasteiger partial charge in [0.05, 0.1) is 0 Å². The topological polar surface area (TPSA) is 114 Å². The van der Waals surface area contributed by atoms with Gasteiger partial charge in [0.25, 0.3) is 5.56 Å². The molecule has 1 aliphatic heterocycles. The van der Waals surface area contributed by atoms with Crippen LogP contribution in [0.1, 0.15) is 49.7 Å². The summed E-state index contributed by atoms with van der Waals surface area (Å²) in [4.78, 5) is 43.9. The molecular weight excluding hydrogens is 350 g/mol. The lowest BCUT2D eigenvalue weighted by atomic mass is 9.94. The van der Waals surface area contributed by atoms with Crippen molar-refractivity contribution >= 4 is 5.91 Å². The Hall–Kier alpha value is -2.71. The van der Waals surface area contributed by atoms with Gasteiger partial charge < -0.3 is 14.0 Å². The van der Waals surface area contributed by atoms with Crippen molar-refractivity contribution in [3.63, 3.8) is 0 Å². The van der Waals surface area contributed by atoms with E-state index in [1.165, 1.54) is 16.8 Å². The lowest BCUT2D eigenvalue weighted by Crippen LogP contribution is -2.41. The van der Waals surface area contributed by atoms with Gasteiger partial charge in [-0.05, 0) is 31.6 Å². The summed E-state index contributed by atoms with van der Waals surface area (Å²) in [5.74, 6) is 2.28. The number of hydrogen-bond donors (Lipinski definition) is 1. The SMILES string of the molecule is O=C(CCn1ccc(=O)[nH]c1=O)N1CCCC(Cc2nc(C3CC3)no2)C1. The Labute approximate surface area is 155 Å². The summed E-state index contributed by atoms with van der Waals surface area (Å²) in [6.45, 7) is 1.65. The number of amides is 1. The van der Waals surface area contributed by atoms with Gasteiger partial charge in [0.15, 0.2) is 5.82 Å². The number of H-pyrrole nitrogens is 1. The Balaban J connectivity index is 1.30. The van der Waals surface area contributed by atoms with Crippen LogP contribution in [-0.2, 0) is 17.8 Å². The fraction of sp³-hybridized carbons (Fsp3) is 0.611. The number of likely N-dealkylation sites (tertiary alicyclic amines) is 1. The van der Waals surface area contributed by atoms with Gasteiger partial charge in [-0.2, -0.15) is 4.98 Å². The minimum Gasteiger partial charge on any atom is -0.342 e. The summed E-state index contributed by atoms with van der Waals surface area (Å²) in [7, 11) is 0. The van der Waals surface area contributed by atoms with Crippen LogP contribution in [0.5, 0.6) is 0 Å². The van der Waals surface area contributed by atoms with Crippen LogP contribution in [0, 0.1) is 5.92 Å². The first kappa shape index (κ1) is 17.7. The van der Waals surface area contributed by atoms with Crippen LogP contribution in [0.4, 0.5) is 0 Å². The molecule has 144 valence electrons. The van der Waals surface area contributed by atoms with E-state index in [0.29, 0.717) is 30.7 Å². The number of hydrogen-bond acceptors (Lipinski definition) is 6. The van der Waals surface area contributed by atoms with E-state index < -0.39 is 11.2 Å². The minimum absolute atomic E-state index is 0.0157. The van der Waals surface area contributed by atoms with Crippen LogP contribution in [0.3, 0.4) is 0 Å². The Morgan fingerprint density at radius 1 is 1.30 bits per heavy atom. The maximum absolute atomic E-state index is 12.5. The van der Waals surface area contributed by atoms with E-state index >= 15 is 0 Å². The van der Waals surface area contributed by atoms with E-state index in [1.54, 1.807) is 0 Å². The van der Waals surface area contributed by atoms with Gasteiger partial charge >= 0.3 is 5.69 Å². The van der Waals surface area contributed by atoms with E-state index in [0.717, 1.165) is 38.1 Å². The first-order valence-corrected chi connectivity index (χ1v) is 9.48. The molecule has 1 unspecified atom stereocenters. The van der Waals surface area contributed by atoms with Crippen molar-refractivity contribution in [3.8, 4) is 0 Å². The van der Waals surface area contributed by atoms with Crippen LogP contribution in [0.25, 0.3) is 0 Å². The highest BCUT2D eigenvalue weighted by atomic mass is 16.5. The molecule has 27 heavy (non-hydrogen) atoms. The molecule has 0 spiro atoms. The Morgan fingerprint density at radius 2 is 2.15 bits per heavy atom. The molecule has 1 aliphatic carbocycles. The average molecular weight is 373 g/mol. The van der Waals surface area contributed by atoms with Gasteiger partial charge in [-0.1, -0.05) is 5.16 Å². The number of aromatic amines is 1. The zero-order chi connectivity index (χ0) is 18.8. The molecule has 4 rings (SSSR count). The third kappa shape index (κ3) is 4.35. The van der Waals surface area contributed by atoms with Crippen molar-refractivity contribution in [1.82, 2.24) is 24.6 Å². The second-order valence-electron chi connectivity index (χ2n) is 7.43. The molecule has 0 aromatic carbocycles. The van der Waals surface area contributed by atoms with Crippen LogP contribution in [0.15, 0.2) is 26.4 Å². The van der Waals surface area contributed by atoms with E-state index in [9.17, 15) is 14.4 Å². The molecular formula is C18H23N5O4. The highest BCUT2D eigenvalue weighted by Crippen LogP contribution is 2.38. The van der Waals surface area contributed by atoms with Crippen molar-refractivity contribution in [3.05, 3.63) is 44.8 Å². The molecule has 2 aliphatic rings. The van der Waals surface area contributed by atoms with E-state index in [1.807, 2.05) is 4.90 Å². The molecule has 1 saturated carbocycles. The third-order valence-corrected chi connectivity index (χ3v) is 5.22. The summed E-state index contributed by atoms with van der Waals surface area (Å²) in [5.41, 5.74) is -0.929. The molecule has 9 heteroatoms. The van der Waals surface area contributed by atoms with Gasteiger partial charge in [-0.15, -0.1) is 0 Å². The lowest BCUT2D eigenvalue weighted by Gasteiger charge is -2.32. The molecule has 1 amide bonds. The maximum atomic E-state index is 12.5. The number of piperidine rings is 1. The average Bonchev–Trinajstić information content (AvgIpc) is 3.41. The van der Waals surface area contributed by atoms with Crippen molar-refractivity contribution in [1.29, 1.82) is 0 Å². The largest absolute Gasteiger partial charge is 0.342 e. The molecule has 3 heterocycles. The quantitative estimate of drug-likeness (QED) is 0.796. The second-order valence-corrected chi connectivity index (χ2v) is 7.43. The zero-order valence-corrected chi connectivity index (χ0v) is 15.1. The van der Waals surface area contributed by atoms with Crippen LogP contribution in [0.2, 0.25) is 0 Å². The number of rotatable bonds is 6. The number of aryl methyl sites for hydroxylation is 1. The molecule has 1 saturated heterocycles. The minimum atomic E-state index is -0.491. The van der Waals surface area contributed by atoms with E-state index in [4.69, 9.17) is 4.52 Å². The van der Waals surface area contributed by atoms with E-state index in [2.05, 4.69) is 15.1 Å². The van der Waals surface area contributed by atoms with E-state index in [-0.39, 0.29) is 18.9 Å². The summed E-state index contributed by atoms with van der Waals surface area (Å²) >= 11 is 0. The second kappa shape index (κ2) is 7.50. The smallest absolute Gasteiger partial charge is 0.328 e. The molecule has 2 aromatic heterocycles. The molecule has 0 radical (unpaired) electrons. The fourth-order valence-corrected chi connectivity index (χ4v) is 3.56. The normalized spacial score (nSPS) is 20.0. The fourth-order valence-electron chi connectivity index (χ4n) is 3.56. The maximum Gasteiger partial charge on any atom is 0.328 e. The van der Waals surface area contributed by atoms with Crippen molar-refractivity contribution in [2.75, 3.05) is 13.1 Å². The summed E-state index contributed by atoms with van der Waals surface area (Å²) in [5, 5.41) is 4.05. The van der Waals surface area contributed by atoms with Gasteiger partial charge in [0.1, 0.15) is 0 Å². The number of nitrogens with one attached hydrogen (secondary N) is 1. The predicted molar refractivity (Wildman–Crippen MR) is 95.2 cm³/mol. The summed E-state index contributed by atoms with van der Waals surface area (Å²) in [6.07, 6.45) is 6.60.